The first kappa shape index (κ1) is 21.0. The minimum atomic E-state index is -0.369. The van der Waals surface area contributed by atoms with E-state index in [1.54, 1.807) is 72.5 Å². The third-order valence-electron chi connectivity index (χ3n) is 4.67. The molecule has 0 spiro atoms. The number of carbonyl (C=O) groups is 1. The average molecular weight is 432 g/mol. The summed E-state index contributed by atoms with van der Waals surface area (Å²) in [6.07, 6.45) is 0. The molecule has 7 nitrogen and oxygen atoms in total. The molecule has 0 atom stereocenters. The molecule has 0 unspecified atom stereocenters. The summed E-state index contributed by atoms with van der Waals surface area (Å²) in [5.41, 5.74) is 2.39. The second-order valence-electron chi connectivity index (χ2n) is 6.80. The van der Waals surface area contributed by atoms with Crippen LogP contribution in [0.15, 0.2) is 72.8 Å². The third kappa shape index (κ3) is 4.59. The van der Waals surface area contributed by atoms with E-state index in [0.29, 0.717) is 40.7 Å². The van der Waals surface area contributed by atoms with Crippen molar-refractivity contribution in [2.24, 2.45) is 0 Å². The number of halogens is 1. The zero-order valence-corrected chi connectivity index (χ0v) is 17.6. The van der Waals surface area contributed by atoms with Gasteiger partial charge in [-0.15, -0.1) is 5.10 Å². The fraction of sp³-hybridized carbons (Fsp3) is 0.125. The lowest BCUT2D eigenvalue weighted by atomic mass is 10.2. The van der Waals surface area contributed by atoms with Gasteiger partial charge in [0.1, 0.15) is 11.6 Å². The van der Waals surface area contributed by atoms with Gasteiger partial charge in [0.15, 0.2) is 5.82 Å². The van der Waals surface area contributed by atoms with Crippen molar-refractivity contribution in [2.45, 2.75) is 6.92 Å². The summed E-state index contributed by atoms with van der Waals surface area (Å²) in [4.78, 5) is 16.9. The van der Waals surface area contributed by atoms with E-state index in [4.69, 9.17) is 9.47 Å². The number of benzene rings is 3. The van der Waals surface area contributed by atoms with Gasteiger partial charge in [-0.1, -0.05) is 12.1 Å². The van der Waals surface area contributed by atoms with E-state index in [1.165, 1.54) is 12.1 Å². The molecular formula is C24H21FN4O3. The Morgan fingerprint density at radius 3 is 2.47 bits per heavy atom. The minimum absolute atomic E-state index is 0.198. The topological polar surface area (TPSA) is 78.3 Å². The van der Waals surface area contributed by atoms with E-state index in [0.717, 1.165) is 0 Å². The van der Waals surface area contributed by atoms with Crippen molar-refractivity contribution in [3.63, 3.8) is 0 Å². The zero-order chi connectivity index (χ0) is 22.5. The van der Waals surface area contributed by atoms with E-state index in [2.05, 4.69) is 15.4 Å². The van der Waals surface area contributed by atoms with Crippen LogP contribution in [0.4, 0.5) is 10.1 Å². The highest BCUT2D eigenvalue weighted by molar-refractivity contribution is 6.04. The van der Waals surface area contributed by atoms with E-state index < -0.39 is 0 Å². The molecular weight excluding hydrogens is 411 g/mol. The first-order chi connectivity index (χ1) is 15.6. The SMILES string of the molecule is CCOc1nc(-c2cccc(F)c2)n(-c2ccc(NC(=O)c3ccc(OC)cc3)cc2)n1. The highest BCUT2D eigenvalue weighted by Gasteiger charge is 2.15. The summed E-state index contributed by atoms with van der Waals surface area (Å²) in [7, 11) is 1.57. The maximum Gasteiger partial charge on any atom is 0.336 e. The number of hydrogen-bond acceptors (Lipinski definition) is 5. The number of carbonyl (C=O) groups excluding carboxylic acids is 1. The second kappa shape index (κ2) is 9.30. The maximum absolute atomic E-state index is 13.8. The predicted octanol–water partition coefficient (Wildman–Crippen LogP) is 4.73. The number of rotatable bonds is 7. The number of anilines is 1. The average Bonchev–Trinajstić information content (AvgIpc) is 3.24. The quantitative estimate of drug-likeness (QED) is 0.457. The lowest BCUT2D eigenvalue weighted by Crippen LogP contribution is -2.11. The Hall–Kier alpha value is -4.20. The molecule has 8 heteroatoms. The van der Waals surface area contributed by atoms with Gasteiger partial charge >= 0.3 is 6.01 Å². The molecule has 4 aromatic rings. The van der Waals surface area contributed by atoms with Gasteiger partial charge in [0.05, 0.1) is 19.4 Å². The highest BCUT2D eigenvalue weighted by atomic mass is 19.1. The molecule has 0 radical (unpaired) electrons. The lowest BCUT2D eigenvalue weighted by Gasteiger charge is -2.09. The second-order valence-corrected chi connectivity index (χ2v) is 6.80. The van der Waals surface area contributed by atoms with E-state index in [9.17, 15) is 9.18 Å². The molecule has 0 aliphatic heterocycles. The van der Waals surface area contributed by atoms with Gasteiger partial charge in [0.2, 0.25) is 0 Å². The van der Waals surface area contributed by atoms with Crippen LogP contribution >= 0.6 is 0 Å². The molecule has 1 amide bonds. The number of aromatic nitrogens is 3. The van der Waals surface area contributed by atoms with Crippen LogP contribution in [-0.4, -0.2) is 34.4 Å². The van der Waals surface area contributed by atoms with Gasteiger partial charge < -0.3 is 14.8 Å². The summed E-state index contributed by atoms with van der Waals surface area (Å²) in [5.74, 6) is 0.522. The zero-order valence-electron chi connectivity index (χ0n) is 17.6. The van der Waals surface area contributed by atoms with E-state index >= 15 is 0 Å². The fourth-order valence-electron chi connectivity index (χ4n) is 3.11. The van der Waals surface area contributed by atoms with Gasteiger partial charge in [-0.25, -0.2) is 9.07 Å². The van der Waals surface area contributed by atoms with Crippen LogP contribution in [-0.2, 0) is 0 Å². The summed E-state index contributed by atoms with van der Waals surface area (Å²) in [6.45, 7) is 2.24. The summed E-state index contributed by atoms with van der Waals surface area (Å²) in [6, 6.07) is 20.3. The van der Waals surface area contributed by atoms with Crippen LogP contribution in [0.5, 0.6) is 11.8 Å². The molecule has 0 bridgehead atoms. The number of nitrogens with one attached hydrogen (secondary N) is 1. The van der Waals surface area contributed by atoms with Crippen LogP contribution < -0.4 is 14.8 Å². The lowest BCUT2D eigenvalue weighted by molar-refractivity contribution is 0.102. The minimum Gasteiger partial charge on any atom is -0.497 e. The fourth-order valence-corrected chi connectivity index (χ4v) is 3.11. The number of amides is 1. The van der Waals surface area contributed by atoms with Crippen LogP contribution in [0.2, 0.25) is 0 Å². The molecule has 0 aliphatic rings. The van der Waals surface area contributed by atoms with Gasteiger partial charge in [0.25, 0.3) is 5.91 Å². The first-order valence-corrected chi connectivity index (χ1v) is 9.99. The van der Waals surface area contributed by atoms with Crippen LogP contribution in [0.3, 0.4) is 0 Å². The Morgan fingerprint density at radius 1 is 1.06 bits per heavy atom. The van der Waals surface area contributed by atoms with Crippen LogP contribution in [0, 0.1) is 5.82 Å². The molecule has 1 heterocycles. The molecule has 3 aromatic carbocycles. The summed E-state index contributed by atoms with van der Waals surface area (Å²) in [5, 5.41) is 7.25. The van der Waals surface area contributed by atoms with Gasteiger partial charge in [-0.2, -0.15) is 4.98 Å². The Bertz CT molecular complexity index is 1220. The van der Waals surface area contributed by atoms with Crippen molar-refractivity contribution in [3.05, 3.63) is 84.2 Å². The smallest absolute Gasteiger partial charge is 0.336 e. The highest BCUT2D eigenvalue weighted by Crippen LogP contribution is 2.25. The molecule has 32 heavy (non-hydrogen) atoms. The molecule has 0 aliphatic carbocycles. The van der Waals surface area contributed by atoms with Gasteiger partial charge in [-0.05, 0) is 67.6 Å². The largest absolute Gasteiger partial charge is 0.497 e. The van der Waals surface area contributed by atoms with Crippen molar-refractivity contribution < 1.29 is 18.7 Å². The number of nitrogens with zero attached hydrogens (tertiary/aromatic N) is 3. The normalized spacial score (nSPS) is 10.6. The molecule has 0 saturated carbocycles. The van der Waals surface area contributed by atoms with Gasteiger partial charge in [-0.3, -0.25) is 4.79 Å². The molecule has 162 valence electrons. The van der Waals surface area contributed by atoms with Crippen molar-refractivity contribution in [1.82, 2.24) is 14.8 Å². The Labute approximate surface area is 184 Å². The number of hydrogen-bond donors (Lipinski definition) is 1. The third-order valence-corrected chi connectivity index (χ3v) is 4.67. The van der Waals surface area contributed by atoms with Gasteiger partial charge in [0, 0.05) is 16.8 Å². The Kier molecular flexibility index (Phi) is 6.12. The van der Waals surface area contributed by atoms with Crippen molar-refractivity contribution in [1.29, 1.82) is 0 Å². The van der Waals surface area contributed by atoms with Crippen molar-refractivity contribution >= 4 is 11.6 Å². The molecule has 1 N–H and O–H groups in total. The van der Waals surface area contributed by atoms with Crippen LogP contribution in [0.1, 0.15) is 17.3 Å². The first-order valence-electron chi connectivity index (χ1n) is 9.99. The van der Waals surface area contributed by atoms with Crippen molar-refractivity contribution in [2.75, 3.05) is 19.0 Å². The van der Waals surface area contributed by atoms with Crippen LogP contribution in [0.25, 0.3) is 17.1 Å². The van der Waals surface area contributed by atoms with E-state index in [1.807, 2.05) is 6.92 Å². The summed E-state index contributed by atoms with van der Waals surface area (Å²) < 4.78 is 25.9. The number of ether oxygens (including phenoxy) is 2. The van der Waals surface area contributed by atoms with Crippen molar-refractivity contribution in [3.8, 4) is 28.8 Å². The molecule has 4 rings (SSSR count). The monoisotopic (exact) mass is 432 g/mol. The van der Waals surface area contributed by atoms with E-state index in [-0.39, 0.29) is 17.7 Å². The Morgan fingerprint density at radius 2 is 1.81 bits per heavy atom. The standard InChI is InChI=1S/C24H21FN4O3/c1-3-32-24-27-22(17-5-4-6-18(25)15-17)29(28-24)20-11-9-19(10-12-20)26-23(30)16-7-13-21(31-2)14-8-16/h4-15H,3H2,1-2H3,(H,26,30). The molecule has 0 fully saturated rings. The summed E-state index contributed by atoms with van der Waals surface area (Å²) >= 11 is 0. The molecule has 1 aromatic heterocycles. The Balaban J connectivity index is 1.59. The number of methoxy groups -OCH3 is 1. The predicted molar refractivity (Wildman–Crippen MR) is 119 cm³/mol. The molecule has 0 saturated heterocycles. The maximum atomic E-state index is 13.8.